The van der Waals surface area contributed by atoms with Gasteiger partial charge in [0.25, 0.3) is 0 Å². The average Bonchev–Trinajstić information content (AvgIpc) is 2.78. The number of alkyl carbamates (subject to hydrolysis) is 1. The largest absolute Gasteiger partial charge is 0.444 e. The van der Waals surface area contributed by atoms with Gasteiger partial charge in [0.15, 0.2) is 0 Å². The van der Waals surface area contributed by atoms with E-state index in [1.807, 2.05) is 38.6 Å². The molecule has 1 rings (SSSR count). The predicted molar refractivity (Wildman–Crippen MR) is 87.6 cm³/mol. The summed E-state index contributed by atoms with van der Waals surface area (Å²) in [5.74, 6) is 1.35. The average molecular weight is 310 g/mol. The first-order valence-corrected chi connectivity index (χ1v) is 7.80. The van der Waals surface area contributed by atoms with E-state index >= 15 is 0 Å². The maximum absolute atomic E-state index is 11.8. The summed E-state index contributed by atoms with van der Waals surface area (Å²) in [6, 6.07) is 0.243. The lowest BCUT2D eigenvalue weighted by Gasteiger charge is -2.27. The number of ether oxygens (including phenoxy) is 1. The van der Waals surface area contributed by atoms with Crippen molar-refractivity contribution < 1.29 is 9.53 Å². The lowest BCUT2D eigenvalue weighted by Crippen LogP contribution is -2.46. The fourth-order valence-corrected chi connectivity index (χ4v) is 2.18. The van der Waals surface area contributed by atoms with Crippen molar-refractivity contribution in [2.45, 2.75) is 59.2 Å². The van der Waals surface area contributed by atoms with Crippen molar-refractivity contribution in [3.63, 3.8) is 0 Å². The normalized spacial score (nSPS) is 14.7. The van der Waals surface area contributed by atoms with Crippen LogP contribution >= 0.6 is 0 Å². The minimum Gasteiger partial charge on any atom is -0.444 e. The van der Waals surface area contributed by atoms with E-state index in [2.05, 4.69) is 36.4 Å². The Morgan fingerprint density at radius 1 is 1.36 bits per heavy atom. The van der Waals surface area contributed by atoms with Crippen molar-refractivity contribution in [3.8, 4) is 0 Å². The molecule has 2 unspecified atom stereocenters. The standard InChI is InChI=1S/C16H30N4O2/c1-11(2)13(10-18-15(21)22-16(4,5)6)19-12(3)14-17-8-9-20(14)7/h8-9,11-13,19H,10H2,1-7H3,(H,18,21). The molecule has 1 heterocycles. The smallest absolute Gasteiger partial charge is 0.407 e. The molecule has 6 heteroatoms. The molecular weight excluding hydrogens is 280 g/mol. The summed E-state index contributed by atoms with van der Waals surface area (Å²) < 4.78 is 7.27. The minimum absolute atomic E-state index is 0.104. The molecule has 0 saturated carbocycles. The van der Waals surface area contributed by atoms with Crippen molar-refractivity contribution in [1.29, 1.82) is 0 Å². The molecule has 0 aliphatic rings. The quantitative estimate of drug-likeness (QED) is 0.847. The van der Waals surface area contributed by atoms with Gasteiger partial charge in [0.2, 0.25) is 0 Å². The summed E-state index contributed by atoms with van der Waals surface area (Å²) >= 11 is 0. The zero-order valence-electron chi connectivity index (χ0n) is 14.8. The van der Waals surface area contributed by atoms with Crippen LogP contribution in [-0.4, -0.2) is 33.8 Å². The Balaban J connectivity index is 2.56. The first kappa shape index (κ1) is 18.5. The predicted octanol–water partition coefficient (Wildman–Crippen LogP) is 2.62. The first-order chi connectivity index (χ1) is 10.1. The number of aromatic nitrogens is 2. The summed E-state index contributed by atoms with van der Waals surface area (Å²) in [5.41, 5.74) is -0.481. The number of carbonyl (C=O) groups is 1. The Hall–Kier alpha value is -1.56. The van der Waals surface area contributed by atoms with E-state index in [4.69, 9.17) is 4.74 Å². The van der Waals surface area contributed by atoms with Crippen LogP contribution in [0.4, 0.5) is 4.79 Å². The van der Waals surface area contributed by atoms with Crippen LogP contribution in [0, 0.1) is 5.92 Å². The van der Waals surface area contributed by atoms with E-state index in [1.165, 1.54) is 0 Å². The van der Waals surface area contributed by atoms with Crippen molar-refractivity contribution in [2.75, 3.05) is 6.54 Å². The third-order valence-corrected chi connectivity index (χ3v) is 3.38. The van der Waals surface area contributed by atoms with Gasteiger partial charge in [-0.3, -0.25) is 0 Å². The summed E-state index contributed by atoms with van der Waals surface area (Å²) in [6.07, 6.45) is 3.33. The van der Waals surface area contributed by atoms with Crippen LogP contribution in [0.15, 0.2) is 12.4 Å². The topological polar surface area (TPSA) is 68.2 Å². The molecule has 0 bridgehead atoms. The van der Waals surface area contributed by atoms with Gasteiger partial charge in [-0.15, -0.1) is 0 Å². The monoisotopic (exact) mass is 310 g/mol. The molecule has 0 radical (unpaired) electrons. The van der Waals surface area contributed by atoms with Gasteiger partial charge in [0.05, 0.1) is 6.04 Å². The van der Waals surface area contributed by atoms with Gasteiger partial charge in [-0.05, 0) is 33.6 Å². The van der Waals surface area contributed by atoms with Crippen LogP contribution in [0.2, 0.25) is 0 Å². The third kappa shape index (κ3) is 6.05. The number of hydrogen-bond donors (Lipinski definition) is 2. The van der Waals surface area contributed by atoms with Crippen molar-refractivity contribution >= 4 is 6.09 Å². The summed E-state index contributed by atoms with van der Waals surface area (Å²) in [4.78, 5) is 16.1. The third-order valence-electron chi connectivity index (χ3n) is 3.38. The van der Waals surface area contributed by atoms with Crippen molar-refractivity contribution in [3.05, 3.63) is 18.2 Å². The Morgan fingerprint density at radius 2 is 2.00 bits per heavy atom. The fraction of sp³-hybridized carbons (Fsp3) is 0.750. The molecule has 126 valence electrons. The summed E-state index contributed by atoms with van der Waals surface area (Å²) in [7, 11) is 1.98. The van der Waals surface area contributed by atoms with Crippen LogP contribution < -0.4 is 10.6 Å². The molecule has 0 aromatic carbocycles. The number of imidazole rings is 1. The molecule has 0 fully saturated rings. The van der Waals surface area contributed by atoms with E-state index in [0.29, 0.717) is 12.5 Å². The van der Waals surface area contributed by atoms with E-state index in [1.54, 1.807) is 6.20 Å². The number of rotatable bonds is 6. The zero-order chi connectivity index (χ0) is 16.9. The molecule has 1 aromatic heterocycles. The second-order valence-electron chi connectivity index (χ2n) is 7.02. The SMILES string of the molecule is CC(NC(CNC(=O)OC(C)(C)C)C(C)C)c1nccn1C. The highest BCUT2D eigenvalue weighted by Gasteiger charge is 2.21. The van der Waals surface area contributed by atoms with Gasteiger partial charge in [-0.2, -0.15) is 0 Å². The Kier molecular flexibility index (Phi) is 6.41. The maximum atomic E-state index is 11.8. The molecule has 0 aliphatic heterocycles. The highest BCUT2D eigenvalue weighted by Crippen LogP contribution is 2.13. The van der Waals surface area contributed by atoms with Gasteiger partial charge in [-0.25, -0.2) is 9.78 Å². The maximum Gasteiger partial charge on any atom is 0.407 e. The molecule has 1 aromatic rings. The molecule has 0 spiro atoms. The van der Waals surface area contributed by atoms with E-state index in [-0.39, 0.29) is 18.2 Å². The lowest BCUT2D eigenvalue weighted by atomic mass is 10.0. The first-order valence-electron chi connectivity index (χ1n) is 7.80. The Labute approximate surface area is 133 Å². The fourth-order valence-electron chi connectivity index (χ4n) is 2.18. The molecule has 0 saturated heterocycles. The van der Waals surface area contributed by atoms with E-state index in [9.17, 15) is 4.79 Å². The molecular formula is C16H30N4O2. The van der Waals surface area contributed by atoms with Crippen LogP contribution in [0.5, 0.6) is 0 Å². The van der Waals surface area contributed by atoms with Crippen molar-refractivity contribution in [2.24, 2.45) is 13.0 Å². The highest BCUT2D eigenvalue weighted by molar-refractivity contribution is 5.67. The molecule has 1 amide bonds. The van der Waals surface area contributed by atoms with E-state index < -0.39 is 5.60 Å². The number of nitrogens with one attached hydrogen (secondary N) is 2. The van der Waals surface area contributed by atoms with Crippen molar-refractivity contribution in [1.82, 2.24) is 20.2 Å². The number of carbonyl (C=O) groups excluding carboxylic acids is 1. The summed E-state index contributed by atoms with van der Waals surface area (Å²) in [5, 5.41) is 6.36. The number of hydrogen-bond acceptors (Lipinski definition) is 4. The van der Waals surface area contributed by atoms with E-state index in [0.717, 1.165) is 5.82 Å². The zero-order valence-corrected chi connectivity index (χ0v) is 14.8. The molecule has 6 nitrogen and oxygen atoms in total. The Bertz CT molecular complexity index is 477. The number of nitrogens with zero attached hydrogens (tertiary/aromatic N) is 2. The van der Waals surface area contributed by atoms with Crippen LogP contribution in [0.25, 0.3) is 0 Å². The molecule has 2 N–H and O–H groups in total. The van der Waals surface area contributed by atoms with Crippen LogP contribution in [0.3, 0.4) is 0 Å². The summed E-state index contributed by atoms with van der Waals surface area (Å²) in [6.45, 7) is 12.4. The lowest BCUT2D eigenvalue weighted by molar-refractivity contribution is 0.0518. The number of amides is 1. The number of aryl methyl sites for hydroxylation is 1. The molecule has 2 atom stereocenters. The second-order valence-corrected chi connectivity index (χ2v) is 7.02. The van der Waals surface area contributed by atoms with Gasteiger partial charge in [-0.1, -0.05) is 13.8 Å². The minimum atomic E-state index is -0.481. The molecule has 22 heavy (non-hydrogen) atoms. The van der Waals surface area contributed by atoms with Crippen LogP contribution in [0.1, 0.15) is 53.4 Å². The highest BCUT2D eigenvalue weighted by atomic mass is 16.6. The van der Waals surface area contributed by atoms with Gasteiger partial charge in [0.1, 0.15) is 11.4 Å². The van der Waals surface area contributed by atoms with Gasteiger partial charge >= 0.3 is 6.09 Å². The molecule has 0 aliphatic carbocycles. The van der Waals surface area contributed by atoms with Gasteiger partial charge < -0.3 is 19.9 Å². The Morgan fingerprint density at radius 3 is 2.45 bits per heavy atom. The van der Waals surface area contributed by atoms with Crippen LogP contribution in [-0.2, 0) is 11.8 Å². The van der Waals surface area contributed by atoms with Gasteiger partial charge in [0, 0.05) is 32.0 Å². The second kappa shape index (κ2) is 7.63.